The summed E-state index contributed by atoms with van der Waals surface area (Å²) < 4.78 is 10.8. The highest BCUT2D eigenvalue weighted by atomic mass is 16.5. The van der Waals surface area contributed by atoms with Crippen LogP contribution >= 0.6 is 0 Å². The number of hydrogen-bond acceptors (Lipinski definition) is 5. The van der Waals surface area contributed by atoms with Gasteiger partial charge in [-0.15, -0.1) is 0 Å². The van der Waals surface area contributed by atoms with E-state index in [1.807, 2.05) is 0 Å². The van der Waals surface area contributed by atoms with Crippen molar-refractivity contribution in [2.45, 2.75) is 50.7 Å². The van der Waals surface area contributed by atoms with E-state index in [2.05, 4.69) is 15.5 Å². The molecule has 1 saturated heterocycles. The van der Waals surface area contributed by atoms with Gasteiger partial charge in [-0.3, -0.25) is 0 Å². The third-order valence-corrected chi connectivity index (χ3v) is 3.37. The average Bonchev–Trinajstić information content (AvgIpc) is 3.11. The Morgan fingerprint density at radius 2 is 2.24 bits per heavy atom. The highest BCUT2D eigenvalue weighted by molar-refractivity contribution is 5.01. The largest absolute Gasteiger partial charge is 0.372 e. The number of hydrogen-bond donors (Lipinski definition) is 1. The number of nitrogens with one attached hydrogen (secondary N) is 1. The van der Waals surface area contributed by atoms with Gasteiger partial charge in [-0.2, -0.15) is 4.98 Å². The third kappa shape index (κ3) is 3.04. The molecule has 3 rings (SSSR count). The lowest BCUT2D eigenvalue weighted by atomic mass is 10.1. The van der Waals surface area contributed by atoms with Crippen molar-refractivity contribution in [2.75, 3.05) is 13.2 Å². The van der Waals surface area contributed by atoms with E-state index >= 15 is 0 Å². The lowest BCUT2D eigenvalue weighted by Gasteiger charge is -2.22. The fourth-order valence-electron chi connectivity index (χ4n) is 2.18. The molecule has 5 nitrogen and oxygen atoms in total. The molecular formula is C12H19N3O2. The first kappa shape index (κ1) is 11.2. The van der Waals surface area contributed by atoms with Gasteiger partial charge in [0.15, 0.2) is 5.82 Å². The zero-order valence-corrected chi connectivity index (χ0v) is 10.0. The Morgan fingerprint density at radius 1 is 1.29 bits per heavy atom. The SMILES string of the molecule is C1CCC(COCc2noc(C3CC3)n2)NC1. The van der Waals surface area contributed by atoms with Crippen LogP contribution in [0.1, 0.15) is 49.7 Å². The van der Waals surface area contributed by atoms with Crippen LogP contribution in [0.3, 0.4) is 0 Å². The third-order valence-electron chi connectivity index (χ3n) is 3.37. The minimum atomic E-state index is 0.467. The average molecular weight is 237 g/mol. The van der Waals surface area contributed by atoms with Crippen molar-refractivity contribution in [1.82, 2.24) is 15.5 Å². The second-order valence-corrected chi connectivity index (χ2v) is 4.99. The van der Waals surface area contributed by atoms with Crippen LogP contribution in [0.15, 0.2) is 4.52 Å². The van der Waals surface area contributed by atoms with Gasteiger partial charge in [0.2, 0.25) is 5.89 Å². The van der Waals surface area contributed by atoms with Gasteiger partial charge in [0, 0.05) is 12.0 Å². The topological polar surface area (TPSA) is 60.2 Å². The molecule has 1 atom stereocenters. The van der Waals surface area contributed by atoms with Crippen LogP contribution in [0.4, 0.5) is 0 Å². The van der Waals surface area contributed by atoms with E-state index in [0.29, 0.717) is 24.4 Å². The van der Waals surface area contributed by atoms with Crippen molar-refractivity contribution in [3.8, 4) is 0 Å². The lowest BCUT2D eigenvalue weighted by molar-refractivity contribution is 0.0854. The van der Waals surface area contributed by atoms with Crippen LogP contribution < -0.4 is 5.32 Å². The molecule has 2 aliphatic rings. The molecule has 2 heterocycles. The summed E-state index contributed by atoms with van der Waals surface area (Å²) in [6.07, 6.45) is 6.17. The van der Waals surface area contributed by atoms with Gasteiger partial charge in [-0.05, 0) is 32.2 Å². The predicted molar refractivity (Wildman–Crippen MR) is 61.6 cm³/mol. The summed E-state index contributed by atoms with van der Waals surface area (Å²) in [5, 5.41) is 7.38. The smallest absolute Gasteiger partial charge is 0.229 e. The molecule has 1 unspecified atom stereocenters. The Labute approximate surface area is 101 Å². The fraction of sp³-hybridized carbons (Fsp3) is 0.833. The Kier molecular flexibility index (Phi) is 3.38. The van der Waals surface area contributed by atoms with Gasteiger partial charge in [-0.25, -0.2) is 0 Å². The van der Waals surface area contributed by atoms with Crippen molar-refractivity contribution in [3.05, 3.63) is 11.7 Å². The number of rotatable bonds is 5. The van der Waals surface area contributed by atoms with Crippen molar-refractivity contribution in [1.29, 1.82) is 0 Å². The van der Waals surface area contributed by atoms with Crippen LogP contribution in [0.5, 0.6) is 0 Å². The minimum absolute atomic E-state index is 0.467. The monoisotopic (exact) mass is 237 g/mol. The van der Waals surface area contributed by atoms with Crippen molar-refractivity contribution in [2.24, 2.45) is 0 Å². The molecule has 94 valence electrons. The van der Waals surface area contributed by atoms with Crippen LogP contribution in [0.2, 0.25) is 0 Å². The van der Waals surface area contributed by atoms with Crippen molar-refractivity contribution in [3.63, 3.8) is 0 Å². The number of piperidine rings is 1. The van der Waals surface area contributed by atoms with Gasteiger partial charge in [0.05, 0.1) is 6.61 Å². The fourth-order valence-corrected chi connectivity index (χ4v) is 2.18. The number of aromatic nitrogens is 2. The summed E-state index contributed by atoms with van der Waals surface area (Å²) in [7, 11) is 0. The molecule has 0 radical (unpaired) electrons. The number of nitrogens with zero attached hydrogens (tertiary/aromatic N) is 2. The molecule has 17 heavy (non-hydrogen) atoms. The maximum atomic E-state index is 5.63. The van der Waals surface area contributed by atoms with Crippen LogP contribution in [0, 0.1) is 0 Å². The normalized spacial score (nSPS) is 25.1. The zero-order valence-electron chi connectivity index (χ0n) is 10.0. The lowest BCUT2D eigenvalue weighted by Crippen LogP contribution is -2.37. The van der Waals surface area contributed by atoms with Gasteiger partial charge in [0.25, 0.3) is 0 Å². The van der Waals surface area contributed by atoms with E-state index in [1.54, 1.807) is 0 Å². The molecule has 5 heteroatoms. The summed E-state index contributed by atoms with van der Waals surface area (Å²) in [4.78, 5) is 4.33. The Hall–Kier alpha value is -0.940. The van der Waals surface area contributed by atoms with E-state index in [0.717, 1.165) is 19.0 Å². The molecule has 1 aromatic rings. The molecule has 1 N–H and O–H groups in total. The Bertz CT molecular complexity index is 356. The maximum Gasteiger partial charge on any atom is 0.229 e. The summed E-state index contributed by atoms with van der Waals surface area (Å²) in [6, 6.07) is 0.499. The molecule has 0 spiro atoms. The highest BCUT2D eigenvalue weighted by Gasteiger charge is 2.29. The zero-order chi connectivity index (χ0) is 11.5. The first-order valence-corrected chi connectivity index (χ1v) is 6.55. The molecular weight excluding hydrogens is 218 g/mol. The molecule has 1 aliphatic heterocycles. The molecule has 1 aliphatic carbocycles. The number of ether oxygens (including phenoxy) is 1. The Morgan fingerprint density at radius 3 is 3.00 bits per heavy atom. The second-order valence-electron chi connectivity index (χ2n) is 4.99. The molecule has 1 aromatic heterocycles. The van der Waals surface area contributed by atoms with E-state index in [4.69, 9.17) is 9.26 Å². The van der Waals surface area contributed by atoms with Crippen LogP contribution in [-0.4, -0.2) is 29.3 Å². The van der Waals surface area contributed by atoms with Crippen LogP contribution in [0.25, 0.3) is 0 Å². The highest BCUT2D eigenvalue weighted by Crippen LogP contribution is 2.38. The maximum absolute atomic E-state index is 5.63. The van der Waals surface area contributed by atoms with E-state index in [-0.39, 0.29) is 0 Å². The summed E-state index contributed by atoms with van der Waals surface area (Å²) >= 11 is 0. The van der Waals surface area contributed by atoms with E-state index in [1.165, 1.54) is 32.1 Å². The van der Waals surface area contributed by atoms with Gasteiger partial charge in [-0.1, -0.05) is 11.6 Å². The predicted octanol–water partition coefficient (Wildman–Crippen LogP) is 1.61. The summed E-state index contributed by atoms with van der Waals surface area (Å²) in [5.74, 6) is 2.00. The van der Waals surface area contributed by atoms with E-state index in [9.17, 15) is 0 Å². The summed E-state index contributed by atoms with van der Waals surface area (Å²) in [5.41, 5.74) is 0. The van der Waals surface area contributed by atoms with Crippen molar-refractivity contribution < 1.29 is 9.26 Å². The molecule has 0 aromatic carbocycles. The quantitative estimate of drug-likeness (QED) is 0.843. The molecule has 0 amide bonds. The molecule has 1 saturated carbocycles. The van der Waals surface area contributed by atoms with Gasteiger partial charge >= 0.3 is 0 Å². The second kappa shape index (κ2) is 5.14. The molecule has 2 fully saturated rings. The minimum Gasteiger partial charge on any atom is -0.372 e. The standard InChI is InChI=1S/C12H19N3O2/c1-2-6-13-10(3-1)7-16-8-11-14-12(17-15-11)9-4-5-9/h9-10,13H,1-8H2. The molecule has 0 bridgehead atoms. The summed E-state index contributed by atoms with van der Waals surface area (Å²) in [6.45, 7) is 2.32. The van der Waals surface area contributed by atoms with E-state index < -0.39 is 0 Å². The Balaban J connectivity index is 1.40. The van der Waals surface area contributed by atoms with Gasteiger partial charge in [0.1, 0.15) is 6.61 Å². The first-order chi connectivity index (χ1) is 8.42. The van der Waals surface area contributed by atoms with Crippen molar-refractivity contribution >= 4 is 0 Å². The first-order valence-electron chi connectivity index (χ1n) is 6.55. The van der Waals surface area contributed by atoms with Gasteiger partial charge < -0.3 is 14.6 Å². The van der Waals surface area contributed by atoms with Crippen LogP contribution in [-0.2, 0) is 11.3 Å².